The summed E-state index contributed by atoms with van der Waals surface area (Å²) in [6.45, 7) is -0.104. The van der Waals surface area contributed by atoms with Crippen LogP contribution in [0.5, 0.6) is 0 Å². The number of hydrogen-bond donors (Lipinski definition) is 2. The second kappa shape index (κ2) is 3.59. The lowest BCUT2D eigenvalue weighted by atomic mass is 10.3. The Labute approximate surface area is 42.4 Å². The van der Waals surface area contributed by atoms with Crippen LogP contribution >= 0.6 is 0 Å². The second-order valence-corrected chi connectivity index (χ2v) is 1.30. The quantitative estimate of drug-likeness (QED) is 0.478. The van der Waals surface area contributed by atoms with Crippen molar-refractivity contribution in [3.05, 3.63) is 0 Å². The molecule has 0 saturated heterocycles. The summed E-state index contributed by atoms with van der Waals surface area (Å²) in [6, 6.07) is 1.48. The van der Waals surface area contributed by atoms with Crippen LogP contribution in [0.4, 0.5) is 0 Å². The van der Waals surface area contributed by atoms with Gasteiger partial charge in [0.25, 0.3) is 0 Å². The lowest BCUT2D eigenvalue weighted by Crippen LogP contribution is -2.23. The zero-order valence-electron chi connectivity index (χ0n) is 3.96. The van der Waals surface area contributed by atoms with Crippen LogP contribution in [0.1, 0.15) is 6.42 Å². The fourth-order valence-corrected chi connectivity index (χ4v) is 0.182. The molecule has 1 atom stereocenters. The van der Waals surface area contributed by atoms with E-state index in [1.165, 1.54) is 0 Å². The second-order valence-electron chi connectivity index (χ2n) is 1.30. The van der Waals surface area contributed by atoms with Gasteiger partial charge in [0.2, 0.25) is 0 Å². The number of aliphatic hydroxyl groups is 1. The zero-order valence-corrected chi connectivity index (χ0v) is 3.96. The predicted molar refractivity (Wildman–Crippen MR) is 25.3 cm³/mol. The Morgan fingerprint density at radius 1 is 1.86 bits per heavy atom. The van der Waals surface area contributed by atoms with Crippen molar-refractivity contribution in [1.29, 1.82) is 5.26 Å². The summed E-state index contributed by atoms with van der Waals surface area (Å²) >= 11 is 0. The smallest absolute Gasteiger partial charge is 0.0638 e. The van der Waals surface area contributed by atoms with Crippen LogP contribution in [0.15, 0.2) is 0 Å². The van der Waals surface area contributed by atoms with Crippen LogP contribution in [-0.2, 0) is 0 Å². The summed E-state index contributed by atoms with van der Waals surface area (Å²) in [5.41, 5.74) is 5.11. The first-order valence-corrected chi connectivity index (χ1v) is 2.04. The van der Waals surface area contributed by atoms with Gasteiger partial charge >= 0.3 is 0 Å². The van der Waals surface area contributed by atoms with Crippen molar-refractivity contribution >= 4 is 0 Å². The molecule has 3 N–H and O–H groups in total. The van der Waals surface area contributed by atoms with Gasteiger partial charge in [-0.3, -0.25) is 0 Å². The number of hydrogen-bond acceptors (Lipinski definition) is 3. The molecule has 0 aromatic rings. The van der Waals surface area contributed by atoms with E-state index in [4.69, 9.17) is 16.1 Å². The van der Waals surface area contributed by atoms with Crippen molar-refractivity contribution in [1.82, 2.24) is 0 Å². The average molecular weight is 100 g/mol. The molecule has 0 radical (unpaired) electrons. The van der Waals surface area contributed by atoms with Crippen LogP contribution in [0.3, 0.4) is 0 Å². The Hall–Kier alpha value is -0.590. The molecule has 0 fully saturated rings. The van der Waals surface area contributed by atoms with Gasteiger partial charge in [-0.05, 0) is 0 Å². The van der Waals surface area contributed by atoms with Crippen LogP contribution < -0.4 is 5.73 Å². The maximum absolute atomic E-state index is 8.19. The minimum Gasteiger partial charge on any atom is -0.395 e. The molecule has 0 rings (SSSR count). The van der Waals surface area contributed by atoms with Crippen LogP contribution in [-0.4, -0.2) is 17.8 Å². The van der Waals surface area contributed by atoms with E-state index in [2.05, 4.69) is 0 Å². The molecule has 7 heavy (non-hydrogen) atoms. The van der Waals surface area contributed by atoms with Crippen molar-refractivity contribution in [2.45, 2.75) is 12.5 Å². The first kappa shape index (κ1) is 6.41. The summed E-state index contributed by atoms with van der Waals surface area (Å²) in [4.78, 5) is 0. The third kappa shape index (κ3) is 3.23. The minimum absolute atomic E-state index is 0.104. The van der Waals surface area contributed by atoms with Gasteiger partial charge in [0.15, 0.2) is 0 Å². The largest absolute Gasteiger partial charge is 0.395 e. The van der Waals surface area contributed by atoms with Crippen molar-refractivity contribution in [2.24, 2.45) is 5.73 Å². The first-order valence-electron chi connectivity index (χ1n) is 2.04. The van der Waals surface area contributed by atoms with E-state index >= 15 is 0 Å². The number of nitrogens with two attached hydrogens (primary N) is 1. The highest BCUT2D eigenvalue weighted by Crippen LogP contribution is 1.79. The third-order valence-corrected chi connectivity index (χ3v) is 0.588. The molecular formula is C4H8N2O. The molecule has 0 unspecified atom stereocenters. The minimum atomic E-state index is -0.356. The molecule has 0 aromatic carbocycles. The van der Waals surface area contributed by atoms with Gasteiger partial charge in [0, 0.05) is 6.04 Å². The maximum atomic E-state index is 8.19. The van der Waals surface area contributed by atoms with E-state index < -0.39 is 0 Å². The molecule has 0 bridgehead atoms. The van der Waals surface area contributed by atoms with Gasteiger partial charge in [-0.2, -0.15) is 5.26 Å². The predicted octanol–water partition coefficient (Wildman–Crippen LogP) is -0.780. The molecule has 40 valence electrons. The lowest BCUT2D eigenvalue weighted by molar-refractivity contribution is 0.267. The molecule has 0 saturated carbocycles. The van der Waals surface area contributed by atoms with Crippen LogP contribution in [0.2, 0.25) is 0 Å². The van der Waals surface area contributed by atoms with E-state index in [0.29, 0.717) is 0 Å². The molecule has 0 heterocycles. The highest BCUT2D eigenvalue weighted by Gasteiger charge is 1.94. The Kier molecular flexibility index (Phi) is 3.29. The topological polar surface area (TPSA) is 70.0 Å². The summed E-state index contributed by atoms with van der Waals surface area (Å²) in [5.74, 6) is 0. The van der Waals surface area contributed by atoms with E-state index in [-0.39, 0.29) is 19.1 Å². The normalized spacial score (nSPS) is 12.7. The fourth-order valence-electron chi connectivity index (χ4n) is 0.182. The van der Waals surface area contributed by atoms with Crippen molar-refractivity contribution in [2.75, 3.05) is 6.61 Å². The number of nitrogens with zero attached hydrogens (tertiary/aromatic N) is 1. The molecule has 0 aliphatic heterocycles. The summed E-state index contributed by atoms with van der Waals surface area (Å²) < 4.78 is 0. The average Bonchev–Trinajstić information content (AvgIpc) is 1.68. The highest BCUT2D eigenvalue weighted by atomic mass is 16.3. The van der Waals surface area contributed by atoms with Gasteiger partial charge in [0.1, 0.15) is 0 Å². The summed E-state index contributed by atoms with van der Waals surface area (Å²) in [7, 11) is 0. The Balaban J connectivity index is 3.03. The van der Waals surface area contributed by atoms with E-state index in [1.807, 2.05) is 6.07 Å². The number of aliphatic hydroxyl groups excluding tert-OH is 1. The maximum Gasteiger partial charge on any atom is 0.0638 e. The molecule has 0 aliphatic rings. The van der Waals surface area contributed by atoms with Crippen molar-refractivity contribution in [3.8, 4) is 6.07 Å². The SMILES string of the molecule is N#CC[C@H](N)CO. The molecule has 0 spiro atoms. The summed E-state index contributed by atoms with van der Waals surface area (Å²) in [6.07, 6.45) is 0.233. The molecule has 0 aliphatic carbocycles. The van der Waals surface area contributed by atoms with Crippen molar-refractivity contribution in [3.63, 3.8) is 0 Å². The van der Waals surface area contributed by atoms with E-state index in [0.717, 1.165) is 0 Å². The molecule has 3 heteroatoms. The van der Waals surface area contributed by atoms with Gasteiger partial charge in [-0.1, -0.05) is 0 Å². The van der Waals surface area contributed by atoms with Gasteiger partial charge in [-0.15, -0.1) is 0 Å². The van der Waals surface area contributed by atoms with Crippen LogP contribution in [0.25, 0.3) is 0 Å². The number of nitriles is 1. The fraction of sp³-hybridized carbons (Fsp3) is 0.750. The van der Waals surface area contributed by atoms with Gasteiger partial charge < -0.3 is 10.8 Å². The lowest BCUT2D eigenvalue weighted by Gasteiger charge is -1.97. The van der Waals surface area contributed by atoms with Crippen LogP contribution in [0, 0.1) is 11.3 Å². The Morgan fingerprint density at radius 3 is 2.57 bits per heavy atom. The third-order valence-electron chi connectivity index (χ3n) is 0.588. The monoisotopic (exact) mass is 100 g/mol. The van der Waals surface area contributed by atoms with Gasteiger partial charge in [-0.25, -0.2) is 0 Å². The van der Waals surface area contributed by atoms with Gasteiger partial charge in [0.05, 0.1) is 19.1 Å². The van der Waals surface area contributed by atoms with Crippen molar-refractivity contribution < 1.29 is 5.11 Å². The molecule has 0 amide bonds. The highest BCUT2D eigenvalue weighted by molar-refractivity contribution is 4.76. The first-order chi connectivity index (χ1) is 3.31. The Morgan fingerprint density at radius 2 is 2.43 bits per heavy atom. The standard InChI is InChI=1S/C4H8N2O/c5-2-1-4(6)3-7/h4,7H,1,3,6H2/t4-/m0/s1. The molecule has 3 nitrogen and oxygen atoms in total. The molecule has 0 aromatic heterocycles. The Bertz CT molecular complexity index is 76.2. The van der Waals surface area contributed by atoms with E-state index in [1.54, 1.807) is 0 Å². The summed E-state index contributed by atoms with van der Waals surface area (Å²) in [5, 5.41) is 16.1. The zero-order chi connectivity index (χ0) is 5.70. The number of rotatable bonds is 2. The van der Waals surface area contributed by atoms with E-state index in [9.17, 15) is 0 Å². The molecular weight excluding hydrogens is 92.1 g/mol.